The number of primary amides is 1. The fraction of sp³-hybridized carbons (Fsp3) is 0.652. The molecule has 13 N–H and O–H groups in total. The number of hydrogen-bond donors (Lipinski definition) is 11. The number of likely N-dealkylation sites (N-methyl/N-ethyl adjacent to an activating group) is 1. The van der Waals surface area contributed by atoms with Gasteiger partial charge in [0.15, 0.2) is 41.8 Å². The van der Waals surface area contributed by atoms with E-state index in [-0.39, 0.29) is 83.7 Å². The Morgan fingerprint density at radius 1 is 0.925 bits per heavy atom. The third-order valence-electron chi connectivity index (χ3n) is 18.2. The van der Waals surface area contributed by atoms with E-state index >= 15 is 0 Å². The number of nitrogens with zero attached hydrogens (tertiary/aromatic N) is 1. The number of methoxy groups -OCH3 is 5. The summed E-state index contributed by atoms with van der Waals surface area (Å²) in [6.45, 7) is 16.8. The lowest BCUT2D eigenvalue weighted by atomic mass is 9.75. The number of aliphatic hydroxyl groups is 4. The van der Waals surface area contributed by atoms with Crippen molar-refractivity contribution in [2.45, 2.75) is 233 Å². The van der Waals surface area contributed by atoms with Gasteiger partial charge in [-0.25, -0.2) is 4.79 Å². The van der Waals surface area contributed by atoms with Gasteiger partial charge in [-0.2, -0.15) is 5.48 Å². The Hall–Kier alpha value is -5.90. The first-order chi connectivity index (χ1) is 50.1. The number of epoxide rings is 1. The molecule has 588 valence electrons. The average molecular weight is 1660 g/mol. The molecule has 4 aliphatic heterocycles. The Morgan fingerprint density at radius 3 is 2.23 bits per heavy atom. The topological polar surface area (TPSA) is 456 Å². The van der Waals surface area contributed by atoms with Crippen LogP contribution in [0.4, 0.5) is 4.79 Å². The summed E-state index contributed by atoms with van der Waals surface area (Å²) in [6, 6.07) is -4.22. The second-order valence-corrected chi connectivity index (χ2v) is 31.7. The van der Waals surface area contributed by atoms with Crippen molar-refractivity contribution in [3.05, 3.63) is 49.8 Å². The van der Waals surface area contributed by atoms with E-state index in [9.17, 15) is 58.8 Å². The average Bonchev–Trinajstić information content (AvgIpc) is 0.930. The minimum Gasteiger partial charge on any atom is -0.492 e. The van der Waals surface area contributed by atoms with Crippen molar-refractivity contribution in [3.63, 3.8) is 0 Å². The lowest BCUT2D eigenvalue weighted by molar-refractivity contribution is -0.337. The van der Waals surface area contributed by atoms with Crippen molar-refractivity contribution in [1.29, 1.82) is 0 Å². The molecular formula is C69H97IN8O25S3. The van der Waals surface area contributed by atoms with Crippen LogP contribution in [0, 0.1) is 34.2 Å². The lowest BCUT2D eigenvalue weighted by Crippen LogP contribution is -2.65. The summed E-state index contributed by atoms with van der Waals surface area (Å²) in [4.78, 5) is 112. The van der Waals surface area contributed by atoms with E-state index in [2.05, 4.69) is 50.6 Å². The normalized spacial score (nSPS) is 29.9. The van der Waals surface area contributed by atoms with Crippen molar-refractivity contribution >= 4 is 102 Å². The van der Waals surface area contributed by atoms with E-state index in [0.29, 0.717) is 15.7 Å². The second kappa shape index (κ2) is 39.1. The number of amides is 6. The van der Waals surface area contributed by atoms with Crippen LogP contribution in [0.3, 0.4) is 0 Å². The maximum atomic E-state index is 14.6. The third-order valence-corrected chi connectivity index (χ3v) is 24.0. The van der Waals surface area contributed by atoms with Crippen molar-refractivity contribution < 1.29 is 120 Å². The molecule has 6 amide bonds. The fourth-order valence-corrected chi connectivity index (χ4v) is 16.7. The van der Waals surface area contributed by atoms with Gasteiger partial charge < -0.3 is 99.0 Å². The number of allylic oxidation sites excluding steroid dienone is 3. The zero-order valence-corrected chi connectivity index (χ0v) is 66.1. The van der Waals surface area contributed by atoms with Crippen LogP contribution in [0.25, 0.3) is 0 Å². The second-order valence-electron chi connectivity index (χ2n) is 26.4. The van der Waals surface area contributed by atoms with Gasteiger partial charge in [0.25, 0.3) is 5.91 Å². The van der Waals surface area contributed by atoms with Gasteiger partial charge in [0, 0.05) is 68.6 Å². The van der Waals surface area contributed by atoms with Crippen LogP contribution in [0.1, 0.15) is 110 Å². The molecule has 106 heavy (non-hydrogen) atoms. The highest BCUT2D eigenvalue weighted by Gasteiger charge is 2.53. The molecule has 37 heteroatoms. The number of nitrogens with one attached hydrogen (secondary N) is 5. The molecule has 4 fully saturated rings. The monoisotopic (exact) mass is 1660 g/mol. The number of carbonyl (C=O) groups excluding carboxylic acids is 8. The molecule has 1 aromatic rings. The molecule has 6 aliphatic rings. The highest BCUT2D eigenvalue weighted by molar-refractivity contribution is 14.1. The van der Waals surface area contributed by atoms with Crippen LogP contribution in [-0.2, 0) is 76.2 Å². The van der Waals surface area contributed by atoms with Gasteiger partial charge in [-0.05, 0) is 103 Å². The maximum absolute atomic E-state index is 14.6. The Morgan fingerprint density at radius 2 is 1.61 bits per heavy atom. The Bertz CT molecular complexity index is 3600. The summed E-state index contributed by atoms with van der Waals surface area (Å²) in [5.41, 5.74) is 16.0. The minimum atomic E-state index is -2.27. The molecule has 0 radical (unpaired) electrons. The molecule has 2 aliphatic carbocycles. The van der Waals surface area contributed by atoms with Gasteiger partial charge in [0.2, 0.25) is 34.5 Å². The summed E-state index contributed by atoms with van der Waals surface area (Å²) in [5, 5.41) is 52.0. The van der Waals surface area contributed by atoms with Crippen LogP contribution < -0.4 is 52.6 Å². The summed E-state index contributed by atoms with van der Waals surface area (Å²) >= 11 is 2.86. The number of alkyl carbamates (subject to hydrolysis) is 1. The summed E-state index contributed by atoms with van der Waals surface area (Å²) < 4.78 is 72.4. The summed E-state index contributed by atoms with van der Waals surface area (Å²) in [7, 11) is 9.25. The summed E-state index contributed by atoms with van der Waals surface area (Å²) in [5.74, 6) is 7.68. The number of hydroxylamine groups is 1. The number of ketones is 1. The number of thioether (sulfide) groups is 1. The predicted molar refractivity (Wildman–Crippen MR) is 393 cm³/mol. The highest BCUT2D eigenvalue weighted by atomic mass is 127. The van der Waals surface area contributed by atoms with E-state index in [0.717, 1.165) is 18.9 Å². The molecule has 4 saturated heterocycles. The van der Waals surface area contributed by atoms with Gasteiger partial charge in [0.05, 0.1) is 110 Å². The van der Waals surface area contributed by atoms with Crippen molar-refractivity contribution in [2.75, 3.05) is 54.5 Å². The number of hydrazine groups is 1. The van der Waals surface area contributed by atoms with Crippen LogP contribution in [0.15, 0.2) is 35.1 Å². The fourth-order valence-electron chi connectivity index (χ4n) is 12.6. The minimum absolute atomic E-state index is 0.0125. The van der Waals surface area contributed by atoms with Gasteiger partial charge in [-0.15, -0.1) is 0 Å². The number of fused-ring (bicyclic) bond motifs is 2. The van der Waals surface area contributed by atoms with E-state index in [1.54, 1.807) is 52.5 Å². The van der Waals surface area contributed by atoms with Crippen molar-refractivity contribution in [3.8, 4) is 40.9 Å². The molecule has 0 saturated carbocycles. The Balaban J connectivity index is 1.12. The first kappa shape index (κ1) is 87.3. The number of halogens is 1. The van der Waals surface area contributed by atoms with E-state index in [4.69, 9.17) is 73.1 Å². The zero-order valence-electron chi connectivity index (χ0n) is 61.5. The number of ether oxygens (including phenoxy) is 12. The molecule has 17 unspecified atom stereocenters. The number of hydrogen-bond acceptors (Lipinski definition) is 30. The Labute approximate surface area is 640 Å². The molecule has 7 rings (SSSR count). The zero-order chi connectivity index (χ0) is 78.4. The summed E-state index contributed by atoms with van der Waals surface area (Å²) in [6.07, 6.45) is -14.1. The van der Waals surface area contributed by atoms with Gasteiger partial charge >= 0.3 is 6.09 Å². The Kier molecular flexibility index (Phi) is 32.2. The van der Waals surface area contributed by atoms with Crippen LogP contribution in [-0.4, -0.2) is 258 Å². The van der Waals surface area contributed by atoms with E-state index in [1.807, 2.05) is 36.4 Å². The first-order valence-electron chi connectivity index (χ1n) is 34.0. The smallest absolute Gasteiger partial charge is 0.411 e. The molecule has 0 aromatic heterocycles. The molecule has 2 bridgehead atoms. The number of nitrogens with two attached hydrogens (primary N) is 2. The van der Waals surface area contributed by atoms with E-state index < -0.39 is 179 Å². The molecule has 33 nitrogen and oxygen atoms in total. The number of aliphatic hydroxyl groups excluding tert-OH is 3. The molecule has 0 spiro atoms. The van der Waals surface area contributed by atoms with Gasteiger partial charge in [-0.3, -0.25) is 54.6 Å². The van der Waals surface area contributed by atoms with Crippen LogP contribution in [0.2, 0.25) is 0 Å². The molecule has 4 heterocycles. The quantitative estimate of drug-likeness (QED) is 0.0121. The number of rotatable bonds is 32. The van der Waals surface area contributed by atoms with Crippen LogP contribution >= 0.6 is 55.9 Å². The number of benzene rings is 1. The lowest BCUT2D eigenvalue weighted by Gasteiger charge is -2.47. The third kappa shape index (κ3) is 22.0. The molecule has 21 atom stereocenters. The molecular weight excluding hydrogens is 1560 g/mol. The highest BCUT2D eigenvalue weighted by Crippen LogP contribution is 2.49. The maximum Gasteiger partial charge on any atom is 0.411 e. The van der Waals surface area contributed by atoms with E-state index in [1.165, 1.54) is 76.0 Å². The standard InChI is InChI=1S/C69H97IN8O25S3/c1-16-78(37(8)79)40-30-96-47(27-44(40)91-11)102-60-55(85)52(77-103-48-26-41(80)62(36(7)97-48)105-65(88)49-31(2)51(70)58(61(94-14)57(49)92-12)98-34(5)54(84)59(93-13)56-35(6)99-56)33(4)100-66(60)101-43-21-19-17-18-20-23-69(90)28-42(81)53(74-67(89)95-15)50(43)38(69)22-24-104-106-68(9,10)29-46(83)75-76-63(86)32(3)73-64(87)39(71)25-45(72)82/h17-18,22,32-36,39-41,43-44,47-48,52,54-56,59-60,62,66,77,80,84-85,90H,16,24-30,71H2,1-15H3,(H2,72,82)(H,73,87)(H,74,89)(H,75,83)(H,76,86)/b18-17-,38-22+/t32-,33?,34?,35?,36?,39-,40?,41?,43-,44?,47?,48?,52?,54?,55?,56?,59?,60?,62?,66?,69-/m0/s1. The van der Waals surface area contributed by atoms with Crippen molar-refractivity contribution in [1.82, 2.24) is 31.9 Å². The van der Waals surface area contributed by atoms with Gasteiger partial charge in [0.1, 0.15) is 48.8 Å². The number of Topliss-reactive ketones (excluding diaryl/α,β-unsaturated/α-hetero) is 1. The first-order valence-corrected chi connectivity index (χ1v) is 38.3. The molecule has 1 aromatic carbocycles. The predicted octanol–water partition coefficient (Wildman–Crippen LogP) is 1.27. The van der Waals surface area contributed by atoms with Crippen molar-refractivity contribution in [2.24, 2.45) is 11.5 Å². The van der Waals surface area contributed by atoms with Crippen LogP contribution in [0.5, 0.6) is 17.2 Å². The SMILES string of the molecule is CCN(C(C)=O)C1COC(OC2C(O[C@H]3C#C/C=C\C#C[C@]4(O)CC(=O)C(NC(=O)OC)=C3/C4=C\CSSC(C)(C)CC(=O)NNC(=O)[C@H](C)NC(=O)[C@@H](N)CC(N)=O)OC(C)C(NOC3CC(O)C(SC(=O)c4c(C)c(I)c(OC(C)C(O)C(OC)C5OC5C)c(OC)c4OC)C(C)O3)C2O)CC1OC. The largest absolute Gasteiger partial charge is 0.492 e. The number of carbonyl (C=O) groups is 8. The van der Waals surface area contributed by atoms with Gasteiger partial charge in [-0.1, -0.05) is 63.1 Å².